The Labute approximate surface area is 229 Å². The van der Waals surface area contributed by atoms with E-state index in [4.69, 9.17) is 18.9 Å². The highest BCUT2D eigenvalue weighted by Crippen LogP contribution is 2.45. The number of nitrogens with zero attached hydrogens (tertiary/aromatic N) is 1. The van der Waals surface area contributed by atoms with Crippen LogP contribution in [-0.2, 0) is 16.0 Å². The lowest BCUT2D eigenvalue weighted by Gasteiger charge is -2.29. The fraction of sp³-hybridized carbons (Fsp3) is 0.467. The third-order valence-corrected chi connectivity index (χ3v) is 7.62. The monoisotopic (exact) mass is 538 g/mol. The predicted molar refractivity (Wildman–Crippen MR) is 144 cm³/mol. The Bertz CT molecular complexity index is 1240. The van der Waals surface area contributed by atoms with Crippen LogP contribution >= 0.6 is 0 Å². The molecule has 0 bridgehead atoms. The maximum atomic E-state index is 14.0. The van der Waals surface area contributed by atoms with Gasteiger partial charge in [-0.05, 0) is 61.7 Å². The van der Waals surface area contributed by atoms with E-state index in [0.717, 1.165) is 30.9 Å². The van der Waals surface area contributed by atoms with Gasteiger partial charge in [0, 0.05) is 25.0 Å². The number of likely N-dealkylation sites (tertiary alicyclic amines) is 1. The van der Waals surface area contributed by atoms with E-state index in [9.17, 15) is 14.7 Å². The lowest BCUT2D eigenvalue weighted by atomic mass is 9.94. The average molecular weight is 539 g/mol. The molecular weight excluding hydrogens is 500 g/mol. The van der Waals surface area contributed by atoms with Gasteiger partial charge in [-0.1, -0.05) is 11.8 Å². The fourth-order valence-corrected chi connectivity index (χ4v) is 5.53. The van der Waals surface area contributed by atoms with Gasteiger partial charge in [0.25, 0.3) is 5.91 Å². The third kappa shape index (κ3) is 5.41. The quantitative estimate of drug-likeness (QED) is 0.263. The molecule has 210 valence electrons. The average Bonchev–Trinajstić information content (AvgIpc) is 3.44. The first-order valence-electron chi connectivity index (χ1n) is 13.5. The first-order valence-corrected chi connectivity index (χ1v) is 13.5. The lowest BCUT2D eigenvalue weighted by molar-refractivity contribution is -0.896. The first-order chi connectivity index (χ1) is 18.8. The second-order valence-corrected chi connectivity index (χ2v) is 9.95. The molecule has 1 amide bonds. The van der Waals surface area contributed by atoms with Crippen molar-refractivity contribution in [2.75, 3.05) is 47.5 Å². The summed E-state index contributed by atoms with van der Waals surface area (Å²) in [5, 5.41) is 14.0. The standard InChI is InChI=1S/C30H38N2O7/c1-7-31(8-2)12-9-13-32-26(21-16-23(36-4)29(38-6)24(17-21)37-5)25(28(34)30(32)35)27(33)19-10-11-22-20(15-19)14-18(3)39-22/h10-11,15-18,26,33H,7-9,12-14H2,1-6H3. The summed E-state index contributed by atoms with van der Waals surface area (Å²) in [7, 11) is 4.50. The normalized spacial score (nSPS) is 19.8. The molecule has 0 radical (unpaired) electrons. The van der Waals surface area contributed by atoms with Gasteiger partial charge < -0.3 is 33.9 Å². The van der Waals surface area contributed by atoms with E-state index < -0.39 is 23.5 Å². The fourth-order valence-electron chi connectivity index (χ4n) is 5.53. The summed E-state index contributed by atoms with van der Waals surface area (Å²) in [6.07, 6.45) is 1.38. The minimum Gasteiger partial charge on any atom is -0.872 e. The highest BCUT2D eigenvalue weighted by molar-refractivity contribution is 6.46. The van der Waals surface area contributed by atoms with Gasteiger partial charge in [0.2, 0.25) is 11.5 Å². The van der Waals surface area contributed by atoms with Gasteiger partial charge in [0.15, 0.2) is 11.5 Å². The molecule has 2 atom stereocenters. The van der Waals surface area contributed by atoms with Gasteiger partial charge in [-0.2, -0.15) is 0 Å². The second kappa shape index (κ2) is 12.0. The molecule has 4 rings (SSSR count). The van der Waals surface area contributed by atoms with E-state index in [1.165, 1.54) is 31.1 Å². The summed E-state index contributed by atoms with van der Waals surface area (Å²) >= 11 is 0. The Hall–Kier alpha value is -3.72. The molecule has 9 nitrogen and oxygen atoms in total. The van der Waals surface area contributed by atoms with Crippen LogP contribution in [0.5, 0.6) is 23.0 Å². The highest BCUT2D eigenvalue weighted by Gasteiger charge is 2.44. The molecule has 0 aromatic heterocycles. The van der Waals surface area contributed by atoms with E-state index in [2.05, 4.69) is 13.8 Å². The van der Waals surface area contributed by atoms with Crippen LogP contribution in [0.2, 0.25) is 0 Å². The Morgan fingerprint density at radius 2 is 1.72 bits per heavy atom. The largest absolute Gasteiger partial charge is 0.872 e. The van der Waals surface area contributed by atoms with Crippen molar-refractivity contribution in [2.24, 2.45) is 0 Å². The number of ketones is 1. The third-order valence-electron chi connectivity index (χ3n) is 7.62. The minimum atomic E-state index is -0.888. The molecule has 9 heteroatoms. The Morgan fingerprint density at radius 3 is 2.31 bits per heavy atom. The Kier molecular flexibility index (Phi) is 8.70. The van der Waals surface area contributed by atoms with Crippen molar-refractivity contribution >= 4 is 17.4 Å². The van der Waals surface area contributed by atoms with Crippen molar-refractivity contribution in [3.8, 4) is 23.0 Å². The highest BCUT2D eigenvalue weighted by atomic mass is 16.5. The molecule has 2 heterocycles. The van der Waals surface area contributed by atoms with Crippen molar-refractivity contribution in [1.29, 1.82) is 0 Å². The summed E-state index contributed by atoms with van der Waals surface area (Å²) in [6, 6.07) is 7.69. The molecule has 0 spiro atoms. The molecule has 1 saturated heterocycles. The van der Waals surface area contributed by atoms with Crippen LogP contribution in [0.15, 0.2) is 35.9 Å². The number of quaternary nitrogens is 1. The molecule has 1 N–H and O–H groups in total. The van der Waals surface area contributed by atoms with E-state index in [-0.39, 0.29) is 11.7 Å². The molecule has 2 aromatic rings. The number of carbonyl (C=O) groups excluding carboxylic acids is 2. The van der Waals surface area contributed by atoms with Crippen LogP contribution in [0.4, 0.5) is 0 Å². The van der Waals surface area contributed by atoms with Crippen LogP contribution in [0.3, 0.4) is 0 Å². The molecule has 2 aromatic carbocycles. The summed E-state index contributed by atoms with van der Waals surface area (Å²) < 4.78 is 22.3. The number of nitrogens with one attached hydrogen (secondary N) is 1. The number of hydrogen-bond donors (Lipinski definition) is 1. The number of Topliss-reactive ketones (excluding diaryl/α,β-unsaturated/α-hetero) is 1. The molecule has 2 unspecified atom stereocenters. The van der Waals surface area contributed by atoms with Gasteiger partial charge in [-0.3, -0.25) is 9.59 Å². The topological polar surface area (TPSA) is 102 Å². The van der Waals surface area contributed by atoms with Crippen LogP contribution in [0.25, 0.3) is 5.76 Å². The van der Waals surface area contributed by atoms with Crippen molar-refractivity contribution < 1.29 is 38.5 Å². The van der Waals surface area contributed by atoms with Crippen molar-refractivity contribution in [2.45, 2.75) is 45.8 Å². The summed E-state index contributed by atoms with van der Waals surface area (Å²) in [5.74, 6) is -0.0466. The van der Waals surface area contributed by atoms with E-state index in [1.807, 2.05) is 6.92 Å². The molecule has 1 fully saturated rings. The van der Waals surface area contributed by atoms with Crippen molar-refractivity contribution in [3.05, 3.63) is 52.6 Å². The molecule has 2 aliphatic heterocycles. The van der Waals surface area contributed by atoms with Gasteiger partial charge >= 0.3 is 0 Å². The number of fused-ring (bicyclic) bond motifs is 1. The molecule has 39 heavy (non-hydrogen) atoms. The number of amides is 1. The zero-order chi connectivity index (χ0) is 28.3. The molecule has 2 aliphatic rings. The number of methoxy groups -OCH3 is 3. The zero-order valence-corrected chi connectivity index (χ0v) is 23.6. The van der Waals surface area contributed by atoms with Gasteiger partial charge in [-0.15, -0.1) is 0 Å². The SMILES string of the molecule is CC[NH+](CC)CCCN1C(=O)C(=O)C(=C([O-])c2ccc3c(c2)CC(C)O3)C1c1cc(OC)c(OC)c(OC)c1. The predicted octanol–water partition coefficient (Wildman–Crippen LogP) is 1.57. The maximum Gasteiger partial charge on any atom is 0.295 e. The Balaban J connectivity index is 1.83. The van der Waals surface area contributed by atoms with Crippen LogP contribution in [0, 0.1) is 0 Å². The van der Waals surface area contributed by atoms with E-state index in [1.54, 1.807) is 30.3 Å². The molecule has 0 saturated carbocycles. The number of ether oxygens (including phenoxy) is 4. The Morgan fingerprint density at radius 1 is 1.05 bits per heavy atom. The number of benzene rings is 2. The zero-order valence-electron chi connectivity index (χ0n) is 23.6. The van der Waals surface area contributed by atoms with Crippen LogP contribution in [-0.4, -0.2) is 70.2 Å². The van der Waals surface area contributed by atoms with Gasteiger partial charge in [-0.25, -0.2) is 0 Å². The number of carbonyl (C=O) groups is 2. The summed E-state index contributed by atoms with van der Waals surface area (Å²) in [4.78, 5) is 29.8. The van der Waals surface area contributed by atoms with E-state index >= 15 is 0 Å². The molecular formula is C30H38N2O7. The summed E-state index contributed by atoms with van der Waals surface area (Å²) in [6.45, 7) is 9.32. The maximum absolute atomic E-state index is 14.0. The van der Waals surface area contributed by atoms with Gasteiger partial charge in [0.1, 0.15) is 11.9 Å². The number of rotatable bonds is 11. The van der Waals surface area contributed by atoms with Crippen LogP contribution in [0.1, 0.15) is 49.9 Å². The van der Waals surface area contributed by atoms with Crippen molar-refractivity contribution in [1.82, 2.24) is 4.90 Å². The van der Waals surface area contributed by atoms with E-state index in [0.29, 0.717) is 47.8 Å². The lowest BCUT2D eigenvalue weighted by Crippen LogP contribution is -3.11. The second-order valence-electron chi connectivity index (χ2n) is 9.95. The smallest absolute Gasteiger partial charge is 0.295 e. The number of hydrogen-bond acceptors (Lipinski definition) is 7. The van der Waals surface area contributed by atoms with Crippen molar-refractivity contribution in [3.63, 3.8) is 0 Å². The molecule has 0 aliphatic carbocycles. The van der Waals surface area contributed by atoms with Gasteiger partial charge in [0.05, 0.1) is 47.0 Å². The summed E-state index contributed by atoms with van der Waals surface area (Å²) in [5.41, 5.74) is 1.74. The first kappa shape index (κ1) is 28.3. The minimum absolute atomic E-state index is 0.0168. The van der Waals surface area contributed by atoms with Crippen LogP contribution < -0.4 is 29.0 Å².